The second-order valence-corrected chi connectivity index (χ2v) is 4.60. The lowest BCUT2D eigenvalue weighted by Crippen LogP contribution is -2.02. The van der Waals surface area contributed by atoms with Crippen LogP contribution in [0.4, 0.5) is 0 Å². The summed E-state index contributed by atoms with van der Waals surface area (Å²) < 4.78 is 12.2. The molecule has 0 aliphatic heterocycles. The number of aromatic nitrogens is 3. The van der Waals surface area contributed by atoms with Gasteiger partial charge in [-0.05, 0) is 19.1 Å². The molecule has 0 fully saturated rings. The topological polar surface area (TPSA) is 70.2 Å². The number of benzene rings is 1. The largest absolute Gasteiger partial charge is 0.463 e. The molecule has 112 valence electrons. The average molecular weight is 297 g/mol. The van der Waals surface area contributed by atoms with Crippen LogP contribution in [0.25, 0.3) is 22.5 Å². The van der Waals surface area contributed by atoms with Gasteiger partial charge >= 0.3 is 5.97 Å². The Balaban J connectivity index is 1.96. The maximum absolute atomic E-state index is 11.4. The summed E-state index contributed by atoms with van der Waals surface area (Å²) in [5.41, 5.74) is 1.84. The number of carbonyl (C=O) groups excluding carboxylic acids is 1. The number of fused-ring (bicyclic) bond motifs is 1. The predicted molar refractivity (Wildman–Crippen MR) is 81.0 cm³/mol. The average Bonchev–Trinajstić information content (AvgIpc) is 3.15. The number of rotatable bonds is 5. The molecular weight excluding hydrogens is 282 g/mol. The van der Waals surface area contributed by atoms with E-state index in [0.717, 1.165) is 16.6 Å². The van der Waals surface area contributed by atoms with Crippen molar-refractivity contribution in [2.75, 3.05) is 6.61 Å². The van der Waals surface area contributed by atoms with Crippen molar-refractivity contribution in [3.05, 3.63) is 48.9 Å². The Morgan fingerprint density at radius 2 is 2.27 bits per heavy atom. The van der Waals surface area contributed by atoms with E-state index in [2.05, 4.69) is 10.2 Å². The van der Waals surface area contributed by atoms with Crippen molar-refractivity contribution < 1.29 is 13.9 Å². The summed E-state index contributed by atoms with van der Waals surface area (Å²) >= 11 is 0. The van der Waals surface area contributed by atoms with E-state index in [9.17, 15) is 4.79 Å². The Morgan fingerprint density at radius 3 is 3.05 bits per heavy atom. The van der Waals surface area contributed by atoms with Crippen LogP contribution in [0.3, 0.4) is 0 Å². The van der Waals surface area contributed by atoms with Gasteiger partial charge in [0.2, 0.25) is 6.39 Å². The number of nitrogens with zero attached hydrogens (tertiary/aromatic N) is 3. The molecule has 0 bridgehead atoms. The molecule has 1 aromatic carbocycles. The van der Waals surface area contributed by atoms with E-state index >= 15 is 0 Å². The molecule has 0 amide bonds. The van der Waals surface area contributed by atoms with E-state index < -0.39 is 0 Å². The summed E-state index contributed by atoms with van der Waals surface area (Å²) in [5, 5.41) is 8.75. The Labute approximate surface area is 127 Å². The van der Waals surface area contributed by atoms with Crippen LogP contribution in [0.1, 0.15) is 6.92 Å². The number of hydrogen-bond donors (Lipinski definition) is 0. The van der Waals surface area contributed by atoms with Crippen molar-refractivity contribution in [1.29, 1.82) is 0 Å². The number of esters is 1. The van der Waals surface area contributed by atoms with Crippen molar-refractivity contribution in [2.45, 2.75) is 13.5 Å². The Kier molecular flexibility index (Phi) is 4.00. The van der Waals surface area contributed by atoms with Gasteiger partial charge in [0.05, 0.1) is 6.61 Å². The van der Waals surface area contributed by atoms with Gasteiger partial charge in [-0.2, -0.15) is 0 Å². The van der Waals surface area contributed by atoms with Crippen molar-refractivity contribution in [3.8, 4) is 11.6 Å². The predicted octanol–water partition coefficient (Wildman–Crippen LogP) is 2.81. The van der Waals surface area contributed by atoms with E-state index in [0.29, 0.717) is 19.0 Å². The number of allylic oxidation sites excluding steroid dienone is 1. The summed E-state index contributed by atoms with van der Waals surface area (Å²) in [6, 6.07) is 9.94. The van der Waals surface area contributed by atoms with Gasteiger partial charge in [-0.1, -0.05) is 24.3 Å². The molecule has 0 saturated heterocycles. The fraction of sp³-hybridized carbons (Fsp3) is 0.188. The number of hydrogen-bond acceptors (Lipinski definition) is 5. The van der Waals surface area contributed by atoms with Gasteiger partial charge in [-0.3, -0.25) is 0 Å². The molecule has 2 heterocycles. The summed E-state index contributed by atoms with van der Waals surface area (Å²) in [7, 11) is 0. The number of carbonyl (C=O) groups is 1. The fourth-order valence-electron chi connectivity index (χ4n) is 2.31. The molecule has 0 saturated carbocycles. The summed E-state index contributed by atoms with van der Waals surface area (Å²) in [4.78, 5) is 11.4. The second-order valence-electron chi connectivity index (χ2n) is 4.60. The van der Waals surface area contributed by atoms with E-state index in [-0.39, 0.29) is 5.97 Å². The highest BCUT2D eigenvalue weighted by Crippen LogP contribution is 2.26. The lowest BCUT2D eigenvalue weighted by Gasteiger charge is -2.05. The summed E-state index contributed by atoms with van der Waals surface area (Å²) in [6.07, 6.45) is 4.48. The van der Waals surface area contributed by atoms with Crippen molar-refractivity contribution in [3.63, 3.8) is 0 Å². The van der Waals surface area contributed by atoms with Gasteiger partial charge < -0.3 is 13.7 Å². The lowest BCUT2D eigenvalue weighted by molar-refractivity contribution is -0.137. The smallest absolute Gasteiger partial charge is 0.330 e. The molecule has 0 radical (unpaired) electrons. The molecule has 6 nitrogen and oxygen atoms in total. The highest BCUT2D eigenvalue weighted by Gasteiger charge is 2.13. The third-order valence-corrected chi connectivity index (χ3v) is 3.22. The molecule has 22 heavy (non-hydrogen) atoms. The van der Waals surface area contributed by atoms with Gasteiger partial charge in [0, 0.05) is 23.5 Å². The molecule has 0 atom stereocenters. The molecule has 0 unspecified atom stereocenters. The molecule has 2 aromatic heterocycles. The van der Waals surface area contributed by atoms with Crippen molar-refractivity contribution in [2.24, 2.45) is 0 Å². The normalized spacial score (nSPS) is 11.3. The minimum Gasteiger partial charge on any atom is -0.463 e. The van der Waals surface area contributed by atoms with Crippen LogP contribution in [-0.2, 0) is 16.1 Å². The van der Waals surface area contributed by atoms with Crippen molar-refractivity contribution in [1.82, 2.24) is 14.8 Å². The molecular formula is C16H15N3O3. The SMILES string of the molecule is CCOC(=O)/C=C/Cn1c(-c2nnco2)cc2ccccc21. The second kappa shape index (κ2) is 6.26. The van der Waals surface area contributed by atoms with Crippen LogP contribution in [0.2, 0.25) is 0 Å². The first-order chi connectivity index (χ1) is 10.8. The molecule has 0 aliphatic rings. The van der Waals surface area contributed by atoms with Gasteiger partial charge in [0.1, 0.15) is 5.69 Å². The van der Waals surface area contributed by atoms with Gasteiger partial charge in [0.25, 0.3) is 5.89 Å². The summed E-state index contributed by atoms with van der Waals surface area (Å²) in [5.74, 6) is 0.0963. The Hall–Kier alpha value is -2.89. The Morgan fingerprint density at radius 1 is 1.41 bits per heavy atom. The number of para-hydroxylation sites is 1. The molecule has 0 spiro atoms. The van der Waals surface area contributed by atoms with Crippen LogP contribution >= 0.6 is 0 Å². The van der Waals surface area contributed by atoms with Crippen LogP contribution in [0.5, 0.6) is 0 Å². The van der Waals surface area contributed by atoms with Gasteiger partial charge in [0.15, 0.2) is 0 Å². The highest BCUT2D eigenvalue weighted by molar-refractivity contribution is 5.86. The minimum absolute atomic E-state index is 0.349. The van der Waals surface area contributed by atoms with E-state index in [1.165, 1.54) is 12.5 Å². The zero-order valence-corrected chi connectivity index (χ0v) is 12.1. The van der Waals surface area contributed by atoms with E-state index in [1.807, 2.05) is 34.9 Å². The van der Waals surface area contributed by atoms with E-state index in [1.54, 1.807) is 13.0 Å². The van der Waals surface area contributed by atoms with Crippen molar-refractivity contribution >= 4 is 16.9 Å². The van der Waals surface area contributed by atoms with Gasteiger partial charge in [-0.15, -0.1) is 10.2 Å². The quantitative estimate of drug-likeness (QED) is 0.535. The van der Waals surface area contributed by atoms with Crippen LogP contribution < -0.4 is 0 Å². The molecule has 0 N–H and O–H groups in total. The molecule has 6 heteroatoms. The standard InChI is InChI=1S/C16H15N3O3/c1-2-21-15(20)8-5-9-19-13-7-4-3-6-12(13)10-14(19)16-18-17-11-22-16/h3-8,10-11H,2,9H2,1H3/b8-5+. The monoisotopic (exact) mass is 297 g/mol. The molecule has 0 aliphatic carbocycles. The van der Waals surface area contributed by atoms with Crippen LogP contribution in [-0.4, -0.2) is 27.3 Å². The number of ether oxygens (including phenoxy) is 1. The molecule has 3 aromatic rings. The maximum atomic E-state index is 11.4. The zero-order valence-electron chi connectivity index (χ0n) is 12.1. The third kappa shape index (κ3) is 2.76. The van der Waals surface area contributed by atoms with Crippen LogP contribution in [0.15, 0.2) is 53.3 Å². The minimum atomic E-state index is -0.349. The lowest BCUT2D eigenvalue weighted by atomic mass is 10.2. The maximum Gasteiger partial charge on any atom is 0.330 e. The summed E-state index contributed by atoms with van der Waals surface area (Å²) in [6.45, 7) is 2.64. The first kappa shape index (κ1) is 14.1. The first-order valence-corrected chi connectivity index (χ1v) is 6.97. The highest BCUT2D eigenvalue weighted by atomic mass is 16.5. The zero-order chi connectivity index (χ0) is 15.4. The third-order valence-electron chi connectivity index (χ3n) is 3.22. The Bertz CT molecular complexity index is 803. The van der Waals surface area contributed by atoms with Gasteiger partial charge in [-0.25, -0.2) is 4.79 Å². The van der Waals surface area contributed by atoms with Crippen LogP contribution in [0, 0.1) is 0 Å². The molecule has 3 rings (SSSR count). The van der Waals surface area contributed by atoms with E-state index in [4.69, 9.17) is 9.15 Å². The first-order valence-electron chi connectivity index (χ1n) is 6.97. The fourth-order valence-corrected chi connectivity index (χ4v) is 2.31.